The molecule has 2 aromatic rings. The molecule has 0 spiro atoms. The Morgan fingerprint density at radius 2 is 1.73 bits per heavy atom. The molecule has 1 unspecified atom stereocenters. The van der Waals surface area contributed by atoms with Gasteiger partial charge in [-0.25, -0.2) is 4.39 Å². The Bertz CT molecular complexity index is 880. The van der Waals surface area contributed by atoms with Crippen molar-refractivity contribution in [1.82, 2.24) is 0 Å². The van der Waals surface area contributed by atoms with Gasteiger partial charge in [0.1, 0.15) is 11.6 Å². The summed E-state index contributed by atoms with van der Waals surface area (Å²) in [5.41, 5.74) is -0.380. The van der Waals surface area contributed by atoms with Crippen LogP contribution in [0.4, 0.5) is 42.1 Å². The molecule has 0 saturated heterocycles. The van der Waals surface area contributed by atoms with Crippen molar-refractivity contribution in [3.63, 3.8) is 0 Å². The van der Waals surface area contributed by atoms with Crippen LogP contribution in [0, 0.1) is 11.7 Å². The van der Waals surface area contributed by atoms with E-state index >= 15 is 0 Å². The lowest BCUT2D eigenvalue weighted by Crippen LogP contribution is -2.26. The van der Waals surface area contributed by atoms with Gasteiger partial charge in [0, 0.05) is 29.3 Å². The standard InChI is InChI=1S/C20H18F7NOS/c1-29-17-9-18-16(8-15(17)20(25,26)27)28(14-4-2-13(21)3-5-14)10-12(11-30-18)6-7-19(22,23)24/h2-5,8-9,12H,6-7,10-11H2,1H3. The molecule has 0 aliphatic carbocycles. The maximum atomic E-state index is 13.5. The summed E-state index contributed by atoms with van der Waals surface area (Å²) >= 11 is 1.19. The van der Waals surface area contributed by atoms with Crippen LogP contribution >= 0.6 is 11.8 Å². The van der Waals surface area contributed by atoms with Crippen LogP contribution in [0.3, 0.4) is 0 Å². The molecule has 164 valence electrons. The first-order valence-corrected chi connectivity index (χ1v) is 9.98. The zero-order valence-electron chi connectivity index (χ0n) is 15.8. The molecule has 0 fully saturated rings. The van der Waals surface area contributed by atoms with Gasteiger partial charge >= 0.3 is 12.4 Å². The molecule has 0 aromatic heterocycles. The maximum Gasteiger partial charge on any atom is 0.420 e. The first kappa shape index (κ1) is 22.6. The van der Waals surface area contributed by atoms with E-state index < -0.39 is 36.1 Å². The largest absolute Gasteiger partial charge is 0.496 e. The second-order valence-corrected chi connectivity index (χ2v) is 8.00. The fraction of sp³-hybridized carbons (Fsp3) is 0.400. The van der Waals surface area contributed by atoms with Crippen molar-refractivity contribution in [2.75, 3.05) is 24.3 Å². The average molecular weight is 453 g/mol. The van der Waals surface area contributed by atoms with Crippen LogP contribution in [0.1, 0.15) is 18.4 Å². The van der Waals surface area contributed by atoms with Crippen molar-refractivity contribution in [2.24, 2.45) is 5.92 Å². The smallest absolute Gasteiger partial charge is 0.420 e. The molecular formula is C20H18F7NOS. The minimum atomic E-state index is -4.68. The van der Waals surface area contributed by atoms with Gasteiger partial charge in [-0.1, -0.05) is 0 Å². The average Bonchev–Trinajstić information content (AvgIpc) is 2.84. The van der Waals surface area contributed by atoms with Gasteiger partial charge in [-0.05, 0) is 48.7 Å². The number of benzene rings is 2. The highest BCUT2D eigenvalue weighted by Crippen LogP contribution is 2.47. The summed E-state index contributed by atoms with van der Waals surface area (Å²) in [6, 6.07) is 7.31. The number of hydrogen-bond donors (Lipinski definition) is 0. The second kappa shape index (κ2) is 8.56. The van der Waals surface area contributed by atoms with Crippen LogP contribution in [0.25, 0.3) is 0 Å². The summed E-state index contributed by atoms with van der Waals surface area (Å²) in [5, 5.41) is 0. The van der Waals surface area contributed by atoms with Crippen LogP contribution in [0.2, 0.25) is 0 Å². The van der Waals surface area contributed by atoms with Gasteiger partial charge in [0.05, 0.1) is 18.4 Å². The Labute approximate surface area is 173 Å². The molecule has 10 heteroatoms. The number of hydrogen-bond acceptors (Lipinski definition) is 3. The summed E-state index contributed by atoms with van der Waals surface area (Å²) in [6.07, 6.45) is -10.1. The number of rotatable bonds is 4. The summed E-state index contributed by atoms with van der Waals surface area (Å²) in [4.78, 5) is 1.98. The third kappa shape index (κ3) is 5.33. The first-order valence-electron chi connectivity index (χ1n) is 9.00. The Hall–Kier alpha value is -2.10. The third-order valence-electron chi connectivity index (χ3n) is 4.77. The molecule has 0 saturated carbocycles. The molecule has 0 radical (unpaired) electrons. The quantitative estimate of drug-likeness (QED) is 0.460. The van der Waals surface area contributed by atoms with Crippen molar-refractivity contribution >= 4 is 23.1 Å². The summed E-state index contributed by atoms with van der Waals surface area (Å²) in [5.74, 6) is -1.02. The third-order valence-corrected chi connectivity index (χ3v) is 6.04. The number of ether oxygens (including phenoxy) is 1. The lowest BCUT2D eigenvalue weighted by molar-refractivity contribution is -0.139. The highest BCUT2D eigenvalue weighted by Gasteiger charge is 2.37. The van der Waals surface area contributed by atoms with E-state index in [1.165, 1.54) is 34.9 Å². The number of thioether (sulfide) groups is 1. The van der Waals surface area contributed by atoms with E-state index in [4.69, 9.17) is 4.74 Å². The fourth-order valence-corrected chi connectivity index (χ4v) is 4.49. The maximum absolute atomic E-state index is 13.5. The van der Waals surface area contributed by atoms with Crippen LogP contribution in [0.15, 0.2) is 41.3 Å². The molecule has 2 nitrogen and oxygen atoms in total. The summed E-state index contributed by atoms with van der Waals surface area (Å²) in [6.45, 7) is 0.0747. The predicted octanol–water partition coefficient (Wildman–Crippen LogP) is 7.06. The Balaban J connectivity index is 2.06. The Morgan fingerprint density at radius 1 is 1.07 bits per heavy atom. The van der Waals surface area contributed by atoms with E-state index in [9.17, 15) is 30.7 Å². The number of methoxy groups -OCH3 is 1. The van der Waals surface area contributed by atoms with Crippen LogP contribution in [-0.4, -0.2) is 25.6 Å². The highest BCUT2D eigenvalue weighted by atomic mass is 32.2. The highest BCUT2D eigenvalue weighted by molar-refractivity contribution is 7.99. The van der Waals surface area contributed by atoms with Gasteiger partial charge in [0.25, 0.3) is 0 Å². The molecule has 1 heterocycles. The second-order valence-electron chi connectivity index (χ2n) is 6.94. The zero-order chi connectivity index (χ0) is 22.1. The van der Waals surface area contributed by atoms with Crippen molar-refractivity contribution in [1.29, 1.82) is 0 Å². The van der Waals surface area contributed by atoms with Gasteiger partial charge < -0.3 is 9.64 Å². The normalized spacial score (nSPS) is 17.5. The Morgan fingerprint density at radius 3 is 2.30 bits per heavy atom. The van der Waals surface area contributed by atoms with Crippen LogP contribution < -0.4 is 9.64 Å². The van der Waals surface area contributed by atoms with E-state index in [0.717, 1.165) is 25.3 Å². The molecule has 0 bridgehead atoms. The molecule has 1 aliphatic heterocycles. The number of anilines is 2. The number of alkyl halides is 6. The van der Waals surface area contributed by atoms with Crippen molar-refractivity contribution in [3.8, 4) is 5.75 Å². The van der Waals surface area contributed by atoms with E-state index in [0.29, 0.717) is 16.3 Å². The van der Waals surface area contributed by atoms with Crippen molar-refractivity contribution < 1.29 is 35.5 Å². The van der Waals surface area contributed by atoms with Gasteiger partial charge in [-0.2, -0.15) is 26.3 Å². The number of fused-ring (bicyclic) bond motifs is 1. The minimum absolute atomic E-state index is 0.0747. The van der Waals surface area contributed by atoms with Gasteiger partial charge in [-0.3, -0.25) is 0 Å². The minimum Gasteiger partial charge on any atom is -0.496 e. The predicted molar refractivity (Wildman–Crippen MR) is 101 cm³/mol. The number of nitrogens with zero attached hydrogens (tertiary/aromatic N) is 1. The lowest BCUT2D eigenvalue weighted by Gasteiger charge is -2.29. The van der Waals surface area contributed by atoms with Crippen molar-refractivity contribution in [3.05, 3.63) is 47.8 Å². The monoisotopic (exact) mass is 453 g/mol. The molecule has 2 aromatic carbocycles. The van der Waals surface area contributed by atoms with Gasteiger partial charge in [0.15, 0.2) is 0 Å². The van der Waals surface area contributed by atoms with Crippen molar-refractivity contribution in [2.45, 2.75) is 30.1 Å². The lowest BCUT2D eigenvalue weighted by atomic mass is 10.0. The summed E-state index contributed by atoms with van der Waals surface area (Å²) < 4.78 is 97.0. The van der Waals surface area contributed by atoms with E-state index in [-0.39, 0.29) is 24.4 Å². The van der Waals surface area contributed by atoms with Crippen LogP contribution in [0.5, 0.6) is 5.75 Å². The number of halogens is 7. The van der Waals surface area contributed by atoms with E-state index in [1.54, 1.807) is 0 Å². The summed E-state index contributed by atoms with van der Waals surface area (Å²) in [7, 11) is 1.13. The van der Waals surface area contributed by atoms with Crippen LogP contribution in [-0.2, 0) is 6.18 Å². The zero-order valence-corrected chi connectivity index (χ0v) is 16.6. The topological polar surface area (TPSA) is 12.5 Å². The molecule has 3 rings (SSSR count). The molecule has 0 amide bonds. The molecular weight excluding hydrogens is 435 g/mol. The van der Waals surface area contributed by atoms with Gasteiger partial charge in [-0.15, -0.1) is 11.8 Å². The Kier molecular flexibility index (Phi) is 6.45. The van der Waals surface area contributed by atoms with Gasteiger partial charge in [0.2, 0.25) is 0 Å². The molecule has 0 N–H and O–H groups in total. The first-order chi connectivity index (χ1) is 14.0. The SMILES string of the molecule is COc1cc2c(cc1C(F)(F)F)N(c1ccc(F)cc1)CC(CCC(F)(F)F)CS2. The fourth-order valence-electron chi connectivity index (χ4n) is 3.29. The molecule has 1 aliphatic rings. The van der Waals surface area contributed by atoms with E-state index in [1.807, 2.05) is 0 Å². The molecule has 1 atom stereocenters. The van der Waals surface area contributed by atoms with E-state index in [2.05, 4.69) is 0 Å². The molecule has 30 heavy (non-hydrogen) atoms.